The Balaban J connectivity index is 2.53. The summed E-state index contributed by atoms with van der Waals surface area (Å²) in [6.07, 6.45) is 0.258. The first-order chi connectivity index (χ1) is 5.49. The van der Waals surface area contributed by atoms with Crippen molar-refractivity contribution >= 4 is 0 Å². The van der Waals surface area contributed by atoms with E-state index in [4.69, 9.17) is 0 Å². The molecule has 4 heteroatoms. The summed E-state index contributed by atoms with van der Waals surface area (Å²) in [7, 11) is 0. The summed E-state index contributed by atoms with van der Waals surface area (Å²) >= 11 is 0. The van der Waals surface area contributed by atoms with E-state index in [9.17, 15) is 8.78 Å². The van der Waals surface area contributed by atoms with Crippen molar-refractivity contribution < 1.29 is 18.3 Å². The van der Waals surface area contributed by atoms with Crippen molar-refractivity contribution in [1.29, 1.82) is 0 Å². The predicted molar refractivity (Wildman–Crippen MR) is 39.2 cm³/mol. The zero-order chi connectivity index (χ0) is 9.19. The van der Waals surface area contributed by atoms with Crippen LogP contribution >= 0.6 is 0 Å². The van der Waals surface area contributed by atoms with Crippen LogP contribution < -0.4 is 0 Å². The Kier molecular flexibility index (Phi) is 2.17. The maximum Gasteiger partial charge on any atom is 0.585 e. The van der Waals surface area contributed by atoms with E-state index in [-0.39, 0.29) is 5.76 Å². The van der Waals surface area contributed by atoms with Gasteiger partial charge >= 0.3 is 6.29 Å². The highest BCUT2D eigenvalue weighted by Crippen LogP contribution is 2.28. The predicted octanol–water partition coefficient (Wildman–Crippen LogP) is 2.56. The molecular weight excluding hydrogens is 166 g/mol. The van der Waals surface area contributed by atoms with Gasteiger partial charge in [-0.25, -0.2) is 0 Å². The first-order valence-electron chi connectivity index (χ1n) is 3.28. The van der Waals surface area contributed by atoms with Gasteiger partial charge in [0.05, 0.1) is 0 Å². The molecule has 0 spiro atoms. The number of rotatable bonds is 2. The van der Waals surface area contributed by atoms with Gasteiger partial charge in [0.1, 0.15) is 6.26 Å². The van der Waals surface area contributed by atoms with Crippen molar-refractivity contribution in [1.82, 2.24) is 0 Å². The van der Waals surface area contributed by atoms with Crippen LogP contribution in [0.4, 0.5) is 8.78 Å². The minimum atomic E-state index is -3.52. The Hall–Kier alpha value is -1.32. The number of hydrogen-bond acceptors (Lipinski definition) is 2. The summed E-state index contributed by atoms with van der Waals surface area (Å²) in [5, 5.41) is 0. The molecule has 0 radical (unpaired) electrons. The number of alkyl halides is 2. The molecule has 0 bridgehead atoms. The van der Waals surface area contributed by atoms with Crippen LogP contribution in [0.5, 0.6) is 0 Å². The highest BCUT2D eigenvalue weighted by atomic mass is 19.3. The third-order valence-corrected chi connectivity index (χ3v) is 1.08. The molecule has 0 aromatic carbocycles. The van der Waals surface area contributed by atoms with E-state index in [1.165, 1.54) is 6.08 Å². The van der Waals surface area contributed by atoms with Gasteiger partial charge in [0.2, 0.25) is 0 Å². The second kappa shape index (κ2) is 2.97. The summed E-state index contributed by atoms with van der Waals surface area (Å²) < 4.78 is 32.3. The molecule has 0 saturated heterocycles. The van der Waals surface area contributed by atoms with Gasteiger partial charge in [-0.1, -0.05) is 18.2 Å². The van der Waals surface area contributed by atoms with Crippen molar-refractivity contribution in [3.63, 3.8) is 0 Å². The van der Waals surface area contributed by atoms with Crippen LogP contribution in [-0.2, 0) is 9.47 Å². The fourth-order valence-electron chi connectivity index (χ4n) is 0.610. The average molecular weight is 174 g/mol. The van der Waals surface area contributed by atoms with Crippen LogP contribution in [0.3, 0.4) is 0 Å². The lowest BCUT2D eigenvalue weighted by Gasteiger charge is -2.05. The Morgan fingerprint density at radius 1 is 1.67 bits per heavy atom. The van der Waals surface area contributed by atoms with Crippen LogP contribution in [0.25, 0.3) is 0 Å². The Bertz CT molecular complexity index is 254. The molecule has 0 amide bonds. The molecule has 12 heavy (non-hydrogen) atoms. The summed E-state index contributed by atoms with van der Waals surface area (Å²) in [5.41, 5.74) is 0.745. The van der Waals surface area contributed by atoms with E-state index < -0.39 is 6.29 Å². The quantitative estimate of drug-likeness (QED) is 0.599. The third-order valence-electron chi connectivity index (χ3n) is 1.08. The van der Waals surface area contributed by atoms with E-state index in [1.807, 2.05) is 0 Å². The molecule has 1 rings (SSSR count). The second-order valence-electron chi connectivity index (χ2n) is 2.38. The highest BCUT2D eigenvalue weighted by Gasteiger charge is 2.39. The maximum atomic E-state index is 12.2. The van der Waals surface area contributed by atoms with Gasteiger partial charge in [-0.2, -0.15) is 0 Å². The minimum Gasteiger partial charge on any atom is -0.403 e. The van der Waals surface area contributed by atoms with Crippen molar-refractivity contribution in [3.8, 4) is 0 Å². The topological polar surface area (TPSA) is 18.5 Å². The molecule has 66 valence electrons. The van der Waals surface area contributed by atoms with Gasteiger partial charge in [0.25, 0.3) is 0 Å². The van der Waals surface area contributed by atoms with Gasteiger partial charge < -0.3 is 9.47 Å². The molecule has 0 aromatic heterocycles. The Labute approximate surface area is 68.8 Å². The van der Waals surface area contributed by atoms with E-state index >= 15 is 0 Å². The SMILES string of the molecule is C=C(C)/C=C\C1=COC(F)(F)O1. The molecule has 0 aromatic rings. The van der Waals surface area contributed by atoms with Crippen LogP contribution in [0.2, 0.25) is 0 Å². The lowest BCUT2D eigenvalue weighted by molar-refractivity contribution is -0.332. The molecule has 0 unspecified atom stereocenters. The Morgan fingerprint density at radius 3 is 2.75 bits per heavy atom. The van der Waals surface area contributed by atoms with E-state index in [1.54, 1.807) is 13.0 Å². The van der Waals surface area contributed by atoms with Crippen molar-refractivity contribution in [2.45, 2.75) is 13.2 Å². The molecule has 1 heterocycles. The largest absolute Gasteiger partial charge is 0.585 e. The molecule has 0 aliphatic carbocycles. The van der Waals surface area contributed by atoms with Gasteiger partial charge in [-0.05, 0) is 13.0 Å². The van der Waals surface area contributed by atoms with E-state index in [2.05, 4.69) is 16.1 Å². The van der Waals surface area contributed by atoms with E-state index in [0.29, 0.717) is 0 Å². The second-order valence-corrected chi connectivity index (χ2v) is 2.38. The van der Waals surface area contributed by atoms with Crippen LogP contribution in [0.1, 0.15) is 6.92 Å². The molecule has 0 N–H and O–H groups in total. The minimum absolute atomic E-state index is 0.0111. The van der Waals surface area contributed by atoms with Gasteiger partial charge in [-0.15, -0.1) is 8.78 Å². The van der Waals surface area contributed by atoms with Crippen LogP contribution in [0.15, 0.2) is 36.3 Å². The average Bonchev–Trinajstić information content (AvgIpc) is 2.26. The monoisotopic (exact) mass is 174 g/mol. The van der Waals surface area contributed by atoms with Crippen molar-refractivity contribution in [3.05, 3.63) is 36.3 Å². The summed E-state index contributed by atoms with van der Waals surface area (Å²) in [4.78, 5) is 0. The summed E-state index contributed by atoms with van der Waals surface area (Å²) in [6, 6.07) is 0. The lowest BCUT2D eigenvalue weighted by Crippen LogP contribution is -2.15. The molecule has 1 aliphatic heterocycles. The first kappa shape index (κ1) is 8.77. The number of allylic oxidation sites excluding steroid dienone is 3. The lowest BCUT2D eigenvalue weighted by atomic mass is 10.3. The van der Waals surface area contributed by atoms with Gasteiger partial charge in [-0.3, -0.25) is 0 Å². The van der Waals surface area contributed by atoms with Gasteiger partial charge in [0, 0.05) is 0 Å². The smallest absolute Gasteiger partial charge is 0.403 e. The molecular formula is C8H8F2O2. The van der Waals surface area contributed by atoms with Crippen molar-refractivity contribution in [2.75, 3.05) is 0 Å². The zero-order valence-corrected chi connectivity index (χ0v) is 6.51. The Morgan fingerprint density at radius 2 is 2.33 bits per heavy atom. The number of halogens is 2. The van der Waals surface area contributed by atoms with E-state index in [0.717, 1.165) is 11.8 Å². The number of hydrogen-bond donors (Lipinski definition) is 0. The molecule has 0 saturated carbocycles. The zero-order valence-electron chi connectivity index (χ0n) is 6.51. The van der Waals surface area contributed by atoms with Crippen LogP contribution in [0, 0.1) is 0 Å². The fourth-order valence-corrected chi connectivity index (χ4v) is 0.610. The summed E-state index contributed by atoms with van der Waals surface area (Å²) in [6.45, 7) is 5.30. The maximum absolute atomic E-state index is 12.2. The van der Waals surface area contributed by atoms with Gasteiger partial charge in [0.15, 0.2) is 5.76 Å². The number of ether oxygens (including phenoxy) is 2. The molecule has 2 nitrogen and oxygen atoms in total. The third kappa shape index (κ3) is 2.38. The standard InChI is InChI=1S/C8H8F2O2/c1-6(2)3-4-7-5-11-8(9,10)12-7/h3-5H,1H2,2H3/b4-3-. The molecule has 0 atom stereocenters. The summed E-state index contributed by atoms with van der Waals surface area (Å²) in [5.74, 6) is -0.0111. The first-order valence-corrected chi connectivity index (χ1v) is 3.28. The van der Waals surface area contributed by atoms with Crippen LogP contribution in [-0.4, -0.2) is 6.29 Å². The highest BCUT2D eigenvalue weighted by molar-refractivity contribution is 5.21. The molecule has 1 aliphatic rings. The fraction of sp³-hybridized carbons (Fsp3) is 0.250. The van der Waals surface area contributed by atoms with Crippen molar-refractivity contribution in [2.24, 2.45) is 0 Å². The molecule has 0 fully saturated rings. The normalized spacial score (nSPS) is 20.1.